The minimum atomic E-state index is -0.659. The largest absolute Gasteiger partial charge is 0.436 e. The van der Waals surface area contributed by atoms with Crippen LogP contribution in [0.25, 0.3) is 0 Å². The second-order valence-corrected chi connectivity index (χ2v) is 4.20. The van der Waals surface area contributed by atoms with Crippen LogP contribution in [-0.2, 0) is 0 Å². The number of ether oxygens (including phenoxy) is 1. The zero-order valence-electron chi connectivity index (χ0n) is 10.2. The van der Waals surface area contributed by atoms with Crippen molar-refractivity contribution in [1.29, 1.82) is 5.26 Å². The molecular formula is C13H9ClFN3O. The summed E-state index contributed by atoms with van der Waals surface area (Å²) in [5.74, 6) is -0.349. The van der Waals surface area contributed by atoms with Gasteiger partial charge in [0, 0.05) is 6.07 Å². The first-order chi connectivity index (χ1) is 9.01. The highest BCUT2D eigenvalue weighted by molar-refractivity contribution is 6.30. The van der Waals surface area contributed by atoms with Crippen molar-refractivity contribution in [3.05, 3.63) is 46.1 Å². The van der Waals surface area contributed by atoms with Gasteiger partial charge in [-0.05, 0) is 26.0 Å². The molecule has 0 spiro atoms. The van der Waals surface area contributed by atoms with Gasteiger partial charge in [0.2, 0.25) is 0 Å². The normalized spacial score (nSPS) is 10.1. The molecule has 2 rings (SSSR count). The first-order valence-corrected chi connectivity index (χ1v) is 5.77. The van der Waals surface area contributed by atoms with E-state index >= 15 is 0 Å². The van der Waals surface area contributed by atoms with Crippen molar-refractivity contribution in [2.24, 2.45) is 0 Å². The number of halogens is 2. The topological polar surface area (TPSA) is 58.8 Å². The highest BCUT2D eigenvalue weighted by Crippen LogP contribution is 2.27. The summed E-state index contributed by atoms with van der Waals surface area (Å²) in [6.45, 7) is 3.55. The number of nitriles is 1. The Labute approximate surface area is 114 Å². The molecule has 0 fully saturated rings. The molecule has 0 saturated heterocycles. The molecule has 0 amide bonds. The number of hydrogen-bond donors (Lipinski definition) is 0. The molecular weight excluding hydrogens is 269 g/mol. The van der Waals surface area contributed by atoms with Gasteiger partial charge in [-0.2, -0.15) is 5.26 Å². The second kappa shape index (κ2) is 5.21. The molecule has 0 aliphatic rings. The van der Waals surface area contributed by atoms with E-state index < -0.39 is 5.82 Å². The van der Waals surface area contributed by atoms with Crippen LogP contribution in [0.4, 0.5) is 4.39 Å². The zero-order chi connectivity index (χ0) is 14.0. The number of hydrogen-bond acceptors (Lipinski definition) is 4. The molecule has 0 bridgehead atoms. The van der Waals surface area contributed by atoms with Crippen LogP contribution in [0.15, 0.2) is 18.2 Å². The Morgan fingerprint density at radius 1 is 1.26 bits per heavy atom. The molecule has 0 radical (unpaired) electrons. The summed E-state index contributed by atoms with van der Waals surface area (Å²) in [7, 11) is 0. The highest BCUT2D eigenvalue weighted by Gasteiger charge is 2.11. The molecule has 0 unspecified atom stereocenters. The van der Waals surface area contributed by atoms with Crippen molar-refractivity contribution in [3.8, 4) is 17.7 Å². The molecule has 0 saturated carbocycles. The summed E-state index contributed by atoms with van der Waals surface area (Å²) < 4.78 is 18.8. The van der Waals surface area contributed by atoms with E-state index in [-0.39, 0.29) is 22.3 Å². The molecule has 1 aromatic heterocycles. The van der Waals surface area contributed by atoms with Crippen molar-refractivity contribution >= 4 is 11.6 Å². The van der Waals surface area contributed by atoms with E-state index in [1.807, 2.05) is 0 Å². The van der Waals surface area contributed by atoms with Crippen LogP contribution in [0, 0.1) is 31.0 Å². The Balaban J connectivity index is 2.34. The van der Waals surface area contributed by atoms with E-state index in [4.69, 9.17) is 21.6 Å². The first kappa shape index (κ1) is 13.2. The monoisotopic (exact) mass is 277 g/mol. The minimum absolute atomic E-state index is 0.0513. The van der Waals surface area contributed by atoms with Gasteiger partial charge in [-0.15, -0.1) is 0 Å². The van der Waals surface area contributed by atoms with E-state index in [9.17, 15) is 4.39 Å². The zero-order valence-corrected chi connectivity index (χ0v) is 11.0. The Hall–Kier alpha value is -2.19. The summed E-state index contributed by atoms with van der Waals surface area (Å²) in [5, 5.41) is 8.74. The molecule has 1 aromatic carbocycles. The summed E-state index contributed by atoms with van der Waals surface area (Å²) in [4.78, 5) is 8.19. The summed E-state index contributed by atoms with van der Waals surface area (Å²) in [6.07, 6.45) is 0. The molecule has 96 valence electrons. The van der Waals surface area contributed by atoms with Crippen molar-refractivity contribution in [3.63, 3.8) is 0 Å². The van der Waals surface area contributed by atoms with Crippen molar-refractivity contribution in [2.75, 3.05) is 0 Å². The molecule has 2 aromatic rings. The highest BCUT2D eigenvalue weighted by atomic mass is 35.5. The number of benzene rings is 1. The van der Waals surface area contributed by atoms with Gasteiger partial charge in [-0.1, -0.05) is 11.6 Å². The lowest BCUT2D eigenvalue weighted by molar-refractivity contribution is 0.453. The van der Waals surface area contributed by atoms with E-state index in [0.29, 0.717) is 11.4 Å². The van der Waals surface area contributed by atoms with E-state index in [1.165, 1.54) is 12.1 Å². The fourth-order valence-electron chi connectivity index (χ4n) is 1.38. The number of aryl methyl sites for hydroxylation is 2. The lowest BCUT2D eigenvalue weighted by Crippen LogP contribution is -1.97. The van der Waals surface area contributed by atoms with Crippen LogP contribution < -0.4 is 4.74 Å². The number of aromatic nitrogens is 2. The maximum Gasteiger partial charge on any atom is 0.257 e. The van der Waals surface area contributed by atoms with Crippen molar-refractivity contribution in [1.82, 2.24) is 9.97 Å². The predicted octanol–water partition coefficient (Wildman–Crippen LogP) is 3.55. The average molecular weight is 278 g/mol. The van der Waals surface area contributed by atoms with E-state index in [1.54, 1.807) is 19.9 Å². The molecule has 0 atom stereocenters. The van der Waals surface area contributed by atoms with Gasteiger partial charge in [0.1, 0.15) is 17.6 Å². The van der Waals surface area contributed by atoms with Crippen LogP contribution in [0.1, 0.15) is 17.0 Å². The Bertz CT molecular complexity index is 682. The van der Waals surface area contributed by atoms with Gasteiger partial charge in [0.15, 0.2) is 5.15 Å². The second-order valence-electron chi connectivity index (χ2n) is 3.85. The molecule has 4 nitrogen and oxygen atoms in total. The molecule has 6 heteroatoms. The SMILES string of the molecule is Cc1nc(Cl)c(Oc2ccc(C#N)c(F)c2)nc1C. The quantitative estimate of drug-likeness (QED) is 0.842. The van der Waals surface area contributed by atoms with Crippen molar-refractivity contribution in [2.45, 2.75) is 13.8 Å². The standard InChI is InChI=1S/C13H9ClFN3O/c1-7-8(2)18-13(12(14)17-7)19-10-4-3-9(6-16)11(15)5-10/h3-5H,1-2H3. The van der Waals surface area contributed by atoms with Crippen LogP contribution in [0.2, 0.25) is 5.15 Å². The maximum absolute atomic E-state index is 13.4. The Morgan fingerprint density at radius 3 is 2.58 bits per heavy atom. The van der Waals surface area contributed by atoms with Gasteiger partial charge < -0.3 is 4.74 Å². The lowest BCUT2D eigenvalue weighted by Gasteiger charge is -2.08. The number of rotatable bonds is 2. The molecule has 0 N–H and O–H groups in total. The Kier molecular flexibility index (Phi) is 3.63. The smallest absolute Gasteiger partial charge is 0.257 e. The van der Waals surface area contributed by atoms with Crippen LogP contribution in [0.3, 0.4) is 0 Å². The molecule has 1 heterocycles. The van der Waals surface area contributed by atoms with Gasteiger partial charge in [-0.3, -0.25) is 0 Å². The van der Waals surface area contributed by atoms with E-state index in [2.05, 4.69) is 9.97 Å². The minimum Gasteiger partial charge on any atom is -0.436 e. The average Bonchev–Trinajstić information content (AvgIpc) is 2.36. The fourth-order valence-corrected chi connectivity index (χ4v) is 1.59. The third-order valence-electron chi connectivity index (χ3n) is 2.51. The number of nitrogens with zero attached hydrogens (tertiary/aromatic N) is 3. The lowest BCUT2D eigenvalue weighted by atomic mass is 10.2. The molecule has 0 aliphatic heterocycles. The van der Waals surface area contributed by atoms with Gasteiger partial charge >= 0.3 is 0 Å². The van der Waals surface area contributed by atoms with Gasteiger partial charge in [-0.25, -0.2) is 14.4 Å². The van der Waals surface area contributed by atoms with Crippen LogP contribution >= 0.6 is 11.6 Å². The molecule has 19 heavy (non-hydrogen) atoms. The summed E-state index contributed by atoms with van der Waals surface area (Å²) in [6, 6.07) is 5.63. The van der Waals surface area contributed by atoms with Gasteiger partial charge in [0.05, 0.1) is 17.0 Å². The van der Waals surface area contributed by atoms with Crippen LogP contribution in [-0.4, -0.2) is 9.97 Å². The third-order valence-corrected chi connectivity index (χ3v) is 2.76. The third kappa shape index (κ3) is 2.80. The maximum atomic E-state index is 13.4. The first-order valence-electron chi connectivity index (χ1n) is 5.39. The predicted molar refractivity (Wildman–Crippen MR) is 67.7 cm³/mol. The van der Waals surface area contributed by atoms with Crippen LogP contribution in [0.5, 0.6) is 11.6 Å². The Morgan fingerprint density at radius 2 is 1.95 bits per heavy atom. The van der Waals surface area contributed by atoms with Crippen molar-refractivity contribution < 1.29 is 9.13 Å². The van der Waals surface area contributed by atoms with Gasteiger partial charge in [0.25, 0.3) is 5.88 Å². The van der Waals surface area contributed by atoms with E-state index in [0.717, 1.165) is 6.07 Å². The summed E-state index contributed by atoms with van der Waals surface area (Å²) >= 11 is 5.91. The molecule has 0 aliphatic carbocycles. The fraction of sp³-hybridized carbons (Fsp3) is 0.154. The summed E-state index contributed by atoms with van der Waals surface area (Å²) in [5.41, 5.74) is 1.32.